The average molecular weight is 217 g/mol. The minimum Gasteiger partial charge on any atom is -0.480 e. The van der Waals surface area contributed by atoms with Gasteiger partial charge in [-0.15, -0.1) is 0 Å². The fourth-order valence-corrected chi connectivity index (χ4v) is 1.45. The SMILES string of the molecule is NC(=O)C1(C(N)=O)OCCNC1C(=O)O. The van der Waals surface area contributed by atoms with E-state index in [1.54, 1.807) is 0 Å². The lowest BCUT2D eigenvalue weighted by Gasteiger charge is -2.36. The van der Waals surface area contributed by atoms with Gasteiger partial charge in [0.05, 0.1) is 6.61 Å². The van der Waals surface area contributed by atoms with Crippen LogP contribution in [0.5, 0.6) is 0 Å². The van der Waals surface area contributed by atoms with Gasteiger partial charge in [0.1, 0.15) is 0 Å². The average Bonchev–Trinajstić information content (AvgIpc) is 2.16. The van der Waals surface area contributed by atoms with Crippen LogP contribution in [0.1, 0.15) is 0 Å². The molecule has 6 N–H and O–H groups in total. The molecule has 0 bridgehead atoms. The molecule has 0 aromatic carbocycles. The number of aliphatic carboxylic acids is 1. The van der Waals surface area contributed by atoms with Gasteiger partial charge in [-0.3, -0.25) is 19.7 Å². The maximum atomic E-state index is 11.1. The first-order chi connectivity index (χ1) is 6.93. The Kier molecular flexibility index (Phi) is 2.91. The topological polar surface area (TPSA) is 145 Å². The first-order valence-electron chi connectivity index (χ1n) is 4.13. The smallest absolute Gasteiger partial charge is 0.324 e. The van der Waals surface area contributed by atoms with Crippen molar-refractivity contribution in [2.45, 2.75) is 11.6 Å². The van der Waals surface area contributed by atoms with E-state index in [1.165, 1.54) is 0 Å². The van der Waals surface area contributed by atoms with Crippen LogP contribution in [0, 0.1) is 0 Å². The fraction of sp³-hybridized carbons (Fsp3) is 0.571. The summed E-state index contributed by atoms with van der Waals surface area (Å²) in [5.74, 6) is -3.85. The Morgan fingerprint density at radius 2 is 1.87 bits per heavy atom. The van der Waals surface area contributed by atoms with E-state index in [1.807, 2.05) is 0 Å². The summed E-state index contributed by atoms with van der Waals surface area (Å²) in [4.78, 5) is 33.1. The van der Waals surface area contributed by atoms with Gasteiger partial charge < -0.3 is 21.3 Å². The largest absolute Gasteiger partial charge is 0.480 e. The molecule has 2 amide bonds. The van der Waals surface area contributed by atoms with Crippen LogP contribution in [0.4, 0.5) is 0 Å². The second-order valence-electron chi connectivity index (χ2n) is 3.04. The maximum Gasteiger partial charge on any atom is 0.324 e. The minimum atomic E-state index is -2.32. The molecular weight excluding hydrogens is 206 g/mol. The van der Waals surface area contributed by atoms with Crippen molar-refractivity contribution in [3.05, 3.63) is 0 Å². The van der Waals surface area contributed by atoms with Crippen LogP contribution in [0.15, 0.2) is 0 Å². The Morgan fingerprint density at radius 3 is 2.20 bits per heavy atom. The summed E-state index contributed by atoms with van der Waals surface area (Å²) in [6.07, 6.45) is 0. The summed E-state index contributed by atoms with van der Waals surface area (Å²) in [5.41, 5.74) is 7.61. The highest BCUT2D eigenvalue weighted by Gasteiger charge is 2.56. The highest BCUT2D eigenvalue weighted by molar-refractivity contribution is 6.11. The predicted octanol–water partition coefficient (Wildman–Crippen LogP) is -3.23. The van der Waals surface area contributed by atoms with Crippen molar-refractivity contribution in [2.24, 2.45) is 11.5 Å². The van der Waals surface area contributed by atoms with Crippen LogP contribution in [0.2, 0.25) is 0 Å². The van der Waals surface area contributed by atoms with Crippen LogP contribution in [0.3, 0.4) is 0 Å². The number of hydrogen-bond acceptors (Lipinski definition) is 5. The molecule has 0 aliphatic carbocycles. The number of ether oxygens (including phenoxy) is 1. The molecule has 8 nitrogen and oxygen atoms in total. The number of carboxylic acid groups (broad SMARTS) is 1. The van der Waals surface area contributed by atoms with Gasteiger partial charge in [-0.25, -0.2) is 0 Å². The van der Waals surface area contributed by atoms with E-state index in [-0.39, 0.29) is 13.2 Å². The van der Waals surface area contributed by atoms with E-state index in [2.05, 4.69) is 5.32 Å². The van der Waals surface area contributed by atoms with Crippen molar-refractivity contribution in [2.75, 3.05) is 13.2 Å². The van der Waals surface area contributed by atoms with Crippen LogP contribution in [-0.4, -0.2) is 47.7 Å². The molecule has 1 aliphatic rings. The normalized spacial score (nSPS) is 24.4. The fourth-order valence-electron chi connectivity index (χ4n) is 1.45. The van der Waals surface area contributed by atoms with E-state index in [4.69, 9.17) is 21.3 Å². The van der Waals surface area contributed by atoms with Gasteiger partial charge in [0.15, 0.2) is 6.04 Å². The Morgan fingerprint density at radius 1 is 1.33 bits per heavy atom. The summed E-state index contributed by atoms with van der Waals surface area (Å²) in [6.45, 7) is 0.176. The lowest BCUT2D eigenvalue weighted by molar-refractivity contribution is -0.175. The second-order valence-corrected chi connectivity index (χ2v) is 3.04. The maximum absolute atomic E-state index is 11.1. The molecular formula is C7H11N3O5. The van der Waals surface area contributed by atoms with Gasteiger partial charge in [0, 0.05) is 6.54 Å². The molecule has 0 radical (unpaired) electrons. The minimum absolute atomic E-state index is 0.0182. The highest BCUT2D eigenvalue weighted by Crippen LogP contribution is 2.19. The summed E-state index contributed by atoms with van der Waals surface area (Å²) in [7, 11) is 0. The van der Waals surface area contributed by atoms with Crippen molar-refractivity contribution >= 4 is 17.8 Å². The van der Waals surface area contributed by atoms with Gasteiger partial charge >= 0.3 is 5.97 Å². The molecule has 1 fully saturated rings. The lowest BCUT2D eigenvalue weighted by atomic mass is 9.90. The van der Waals surface area contributed by atoms with Crippen molar-refractivity contribution in [3.8, 4) is 0 Å². The van der Waals surface area contributed by atoms with E-state index >= 15 is 0 Å². The quantitative estimate of drug-likeness (QED) is 0.366. The molecule has 8 heteroatoms. The molecule has 15 heavy (non-hydrogen) atoms. The summed E-state index contributed by atoms with van der Waals surface area (Å²) in [6, 6.07) is -1.55. The third kappa shape index (κ3) is 1.64. The van der Waals surface area contributed by atoms with Gasteiger partial charge in [0.25, 0.3) is 17.4 Å². The molecule has 0 aromatic heterocycles. The molecule has 0 saturated carbocycles. The molecule has 0 spiro atoms. The number of primary amides is 2. The summed E-state index contributed by atoms with van der Waals surface area (Å²) < 4.78 is 4.87. The zero-order valence-electron chi connectivity index (χ0n) is 7.73. The lowest BCUT2D eigenvalue weighted by Crippen LogP contribution is -2.72. The number of carbonyl (C=O) groups is 3. The molecule has 1 unspecified atom stereocenters. The number of carboxylic acids is 1. The standard InChI is InChI=1S/C7H11N3O5/c8-5(13)7(6(9)14)3(4(11)12)10-1-2-15-7/h3,10H,1-2H2,(H2,8,13)(H2,9,14)(H,11,12). The molecule has 1 aliphatic heterocycles. The van der Waals surface area contributed by atoms with E-state index in [0.29, 0.717) is 0 Å². The molecule has 0 aromatic rings. The molecule has 84 valence electrons. The number of amides is 2. The van der Waals surface area contributed by atoms with Crippen LogP contribution < -0.4 is 16.8 Å². The van der Waals surface area contributed by atoms with Crippen molar-refractivity contribution in [3.63, 3.8) is 0 Å². The van der Waals surface area contributed by atoms with Crippen LogP contribution in [-0.2, 0) is 19.1 Å². The number of carbonyl (C=O) groups excluding carboxylic acids is 2. The number of rotatable bonds is 3. The monoisotopic (exact) mass is 217 g/mol. The van der Waals surface area contributed by atoms with E-state index < -0.39 is 29.4 Å². The van der Waals surface area contributed by atoms with E-state index in [0.717, 1.165) is 0 Å². The number of nitrogens with one attached hydrogen (secondary N) is 1. The zero-order chi connectivity index (χ0) is 11.6. The van der Waals surface area contributed by atoms with Gasteiger partial charge in [-0.1, -0.05) is 0 Å². The third-order valence-corrected chi connectivity index (χ3v) is 2.17. The molecule has 1 atom stereocenters. The van der Waals surface area contributed by atoms with Crippen LogP contribution in [0.25, 0.3) is 0 Å². The van der Waals surface area contributed by atoms with Gasteiger partial charge in [-0.2, -0.15) is 0 Å². The summed E-state index contributed by atoms with van der Waals surface area (Å²) in [5, 5.41) is 11.3. The number of morpholine rings is 1. The first kappa shape index (κ1) is 11.4. The Hall–Kier alpha value is -1.67. The summed E-state index contributed by atoms with van der Waals surface area (Å²) >= 11 is 0. The van der Waals surface area contributed by atoms with Crippen molar-refractivity contribution in [1.29, 1.82) is 0 Å². The molecule has 1 saturated heterocycles. The number of nitrogens with two attached hydrogens (primary N) is 2. The zero-order valence-corrected chi connectivity index (χ0v) is 7.73. The van der Waals surface area contributed by atoms with Crippen molar-refractivity contribution in [1.82, 2.24) is 5.32 Å². The second kappa shape index (κ2) is 3.83. The number of hydrogen-bond donors (Lipinski definition) is 4. The van der Waals surface area contributed by atoms with Gasteiger partial charge in [0.2, 0.25) is 0 Å². The first-order valence-corrected chi connectivity index (χ1v) is 4.13. The Balaban J connectivity index is 3.16. The Labute approximate surface area is 84.5 Å². The molecule has 1 rings (SSSR count). The van der Waals surface area contributed by atoms with Crippen molar-refractivity contribution < 1.29 is 24.2 Å². The highest BCUT2D eigenvalue weighted by atomic mass is 16.5. The van der Waals surface area contributed by atoms with Gasteiger partial charge in [-0.05, 0) is 0 Å². The molecule has 1 heterocycles. The Bertz CT molecular complexity index is 302. The predicted molar refractivity (Wildman–Crippen MR) is 46.5 cm³/mol. The third-order valence-electron chi connectivity index (χ3n) is 2.17. The van der Waals surface area contributed by atoms with E-state index in [9.17, 15) is 14.4 Å². The van der Waals surface area contributed by atoms with Crippen LogP contribution >= 0.6 is 0 Å².